The van der Waals surface area contributed by atoms with Crippen LogP contribution >= 0.6 is 0 Å². The highest BCUT2D eigenvalue weighted by molar-refractivity contribution is 5.89. The Morgan fingerprint density at radius 3 is 2.46 bits per heavy atom. The second-order valence-electron chi connectivity index (χ2n) is 5.48. The van der Waals surface area contributed by atoms with Gasteiger partial charge in [0.2, 0.25) is 0 Å². The van der Waals surface area contributed by atoms with Crippen molar-refractivity contribution in [1.82, 2.24) is 5.32 Å². The molecule has 3 rings (SSSR count). The van der Waals surface area contributed by atoms with E-state index < -0.39 is 12.1 Å². The number of phenolic OH excluding ortho intramolecular Hbond substituents is 1. The number of hydrogen-bond donors (Lipinski definition) is 3. The van der Waals surface area contributed by atoms with Gasteiger partial charge in [-0.3, -0.25) is 0 Å². The van der Waals surface area contributed by atoms with Gasteiger partial charge < -0.3 is 16.2 Å². The van der Waals surface area contributed by atoms with Crippen molar-refractivity contribution in [2.45, 2.75) is 6.04 Å². The van der Waals surface area contributed by atoms with E-state index in [4.69, 9.17) is 5.73 Å². The number of urea groups is 1. The van der Waals surface area contributed by atoms with E-state index in [-0.39, 0.29) is 5.75 Å². The fourth-order valence-corrected chi connectivity index (χ4v) is 2.75. The van der Waals surface area contributed by atoms with Crippen LogP contribution in [0.5, 0.6) is 5.75 Å². The number of hydrogen-bond acceptors (Lipinski definition) is 2. The molecule has 0 fully saturated rings. The van der Waals surface area contributed by atoms with E-state index in [1.807, 2.05) is 72.8 Å². The molecule has 24 heavy (non-hydrogen) atoms. The molecule has 3 aromatic rings. The van der Waals surface area contributed by atoms with Gasteiger partial charge in [0.05, 0.1) is 6.04 Å². The summed E-state index contributed by atoms with van der Waals surface area (Å²) in [6, 6.07) is 19.7. The number of fused-ring (bicyclic) bond motifs is 1. The molecule has 0 bridgehead atoms. The first kappa shape index (κ1) is 15.6. The third-order valence-electron chi connectivity index (χ3n) is 3.84. The third-order valence-corrected chi connectivity index (χ3v) is 3.84. The van der Waals surface area contributed by atoms with Crippen LogP contribution in [0.4, 0.5) is 4.79 Å². The van der Waals surface area contributed by atoms with Gasteiger partial charge in [0.15, 0.2) is 0 Å². The van der Waals surface area contributed by atoms with Gasteiger partial charge in [0.1, 0.15) is 5.75 Å². The molecule has 0 heterocycles. The molecule has 1 unspecified atom stereocenters. The molecule has 4 heteroatoms. The second-order valence-corrected chi connectivity index (χ2v) is 5.48. The van der Waals surface area contributed by atoms with Crippen LogP contribution in [-0.2, 0) is 0 Å². The quantitative estimate of drug-likeness (QED) is 0.681. The Kier molecular flexibility index (Phi) is 4.47. The van der Waals surface area contributed by atoms with Crippen molar-refractivity contribution >= 4 is 22.9 Å². The Labute approximate surface area is 140 Å². The average Bonchev–Trinajstić information content (AvgIpc) is 2.59. The van der Waals surface area contributed by atoms with Crippen LogP contribution in [0.2, 0.25) is 0 Å². The smallest absolute Gasteiger partial charge is 0.312 e. The van der Waals surface area contributed by atoms with E-state index in [1.165, 1.54) is 0 Å². The molecule has 0 aliphatic rings. The van der Waals surface area contributed by atoms with E-state index in [9.17, 15) is 9.90 Å². The maximum Gasteiger partial charge on any atom is 0.312 e. The zero-order valence-electron chi connectivity index (χ0n) is 13.0. The van der Waals surface area contributed by atoms with Gasteiger partial charge in [-0.1, -0.05) is 72.8 Å². The highest BCUT2D eigenvalue weighted by Gasteiger charge is 2.17. The summed E-state index contributed by atoms with van der Waals surface area (Å²) in [4.78, 5) is 11.4. The van der Waals surface area contributed by atoms with Crippen molar-refractivity contribution in [2.24, 2.45) is 5.73 Å². The lowest BCUT2D eigenvalue weighted by Crippen LogP contribution is -2.32. The molecule has 4 N–H and O–H groups in total. The molecular formula is C20H18N2O2. The van der Waals surface area contributed by atoms with Crippen molar-refractivity contribution < 1.29 is 9.90 Å². The maximum absolute atomic E-state index is 11.4. The third kappa shape index (κ3) is 3.38. The van der Waals surface area contributed by atoms with E-state index >= 15 is 0 Å². The van der Waals surface area contributed by atoms with E-state index in [0.717, 1.165) is 16.3 Å². The number of benzene rings is 3. The van der Waals surface area contributed by atoms with Crippen LogP contribution < -0.4 is 11.1 Å². The van der Waals surface area contributed by atoms with Crippen molar-refractivity contribution in [3.05, 3.63) is 83.9 Å². The van der Waals surface area contributed by atoms with Crippen LogP contribution in [0, 0.1) is 0 Å². The fraction of sp³-hybridized carbons (Fsp3) is 0.0500. The summed E-state index contributed by atoms with van der Waals surface area (Å²) < 4.78 is 0. The summed E-state index contributed by atoms with van der Waals surface area (Å²) >= 11 is 0. The first-order valence-electron chi connectivity index (χ1n) is 7.65. The summed E-state index contributed by atoms with van der Waals surface area (Å²) in [6.07, 6.45) is 3.71. The molecule has 1 atom stereocenters. The molecule has 2 amide bonds. The average molecular weight is 318 g/mol. The Hall–Kier alpha value is -3.27. The lowest BCUT2D eigenvalue weighted by atomic mass is 9.96. The molecule has 0 spiro atoms. The second kappa shape index (κ2) is 6.87. The summed E-state index contributed by atoms with van der Waals surface area (Å²) in [5, 5.41) is 14.9. The molecule has 0 aliphatic carbocycles. The summed E-state index contributed by atoms with van der Waals surface area (Å²) in [5.41, 5.74) is 6.95. The SMILES string of the molecule is NC(=O)NC(/C=C/c1ccccc1)c1c(O)ccc2ccccc12. The number of rotatable bonds is 4. The van der Waals surface area contributed by atoms with Crippen molar-refractivity contribution in [1.29, 1.82) is 0 Å². The highest BCUT2D eigenvalue weighted by Crippen LogP contribution is 2.33. The van der Waals surface area contributed by atoms with Crippen LogP contribution in [-0.4, -0.2) is 11.1 Å². The molecule has 0 saturated heterocycles. The summed E-state index contributed by atoms with van der Waals surface area (Å²) in [5.74, 6) is 0.116. The van der Waals surface area contributed by atoms with Crippen molar-refractivity contribution in [3.63, 3.8) is 0 Å². The van der Waals surface area contributed by atoms with Gasteiger partial charge in [-0.15, -0.1) is 0 Å². The number of primary amides is 1. The lowest BCUT2D eigenvalue weighted by Gasteiger charge is -2.18. The van der Waals surface area contributed by atoms with Gasteiger partial charge in [0, 0.05) is 5.56 Å². The number of phenols is 1. The zero-order chi connectivity index (χ0) is 16.9. The number of aromatic hydroxyl groups is 1. The van der Waals surface area contributed by atoms with E-state index in [2.05, 4.69) is 5.32 Å². The minimum Gasteiger partial charge on any atom is -0.508 e. The van der Waals surface area contributed by atoms with Crippen LogP contribution in [0.1, 0.15) is 17.2 Å². The Morgan fingerprint density at radius 1 is 1.00 bits per heavy atom. The first-order chi connectivity index (χ1) is 11.6. The molecule has 4 nitrogen and oxygen atoms in total. The predicted octanol–water partition coefficient (Wildman–Crippen LogP) is 3.97. The number of nitrogens with one attached hydrogen (secondary N) is 1. The molecule has 0 aromatic heterocycles. The Bertz CT molecular complexity index is 889. The first-order valence-corrected chi connectivity index (χ1v) is 7.65. The number of amides is 2. The number of carbonyl (C=O) groups is 1. The topological polar surface area (TPSA) is 75.4 Å². The van der Waals surface area contributed by atoms with E-state index in [1.54, 1.807) is 6.07 Å². The Balaban J connectivity index is 2.08. The minimum absolute atomic E-state index is 0.116. The lowest BCUT2D eigenvalue weighted by molar-refractivity contribution is 0.247. The van der Waals surface area contributed by atoms with Crippen molar-refractivity contribution in [3.8, 4) is 5.75 Å². The fourth-order valence-electron chi connectivity index (χ4n) is 2.75. The molecule has 0 saturated carbocycles. The molecule has 3 aromatic carbocycles. The largest absolute Gasteiger partial charge is 0.508 e. The molecule has 0 aliphatic heterocycles. The predicted molar refractivity (Wildman–Crippen MR) is 96.5 cm³/mol. The van der Waals surface area contributed by atoms with Gasteiger partial charge in [-0.05, 0) is 22.4 Å². The van der Waals surface area contributed by atoms with Gasteiger partial charge >= 0.3 is 6.03 Å². The monoisotopic (exact) mass is 318 g/mol. The maximum atomic E-state index is 11.4. The van der Waals surface area contributed by atoms with Gasteiger partial charge in [0.25, 0.3) is 0 Å². The summed E-state index contributed by atoms with van der Waals surface area (Å²) in [7, 11) is 0. The summed E-state index contributed by atoms with van der Waals surface area (Å²) in [6.45, 7) is 0. The van der Waals surface area contributed by atoms with Gasteiger partial charge in [-0.2, -0.15) is 0 Å². The van der Waals surface area contributed by atoms with Gasteiger partial charge in [-0.25, -0.2) is 4.79 Å². The zero-order valence-corrected chi connectivity index (χ0v) is 13.0. The van der Waals surface area contributed by atoms with Crippen LogP contribution in [0.25, 0.3) is 16.8 Å². The van der Waals surface area contributed by atoms with E-state index in [0.29, 0.717) is 5.56 Å². The Morgan fingerprint density at radius 2 is 1.71 bits per heavy atom. The van der Waals surface area contributed by atoms with Crippen LogP contribution in [0.15, 0.2) is 72.8 Å². The molecule has 0 radical (unpaired) electrons. The van der Waals surface area contributed by atoms with Crippen LogP contribution in [0.3, 0.4) is 0 Å². The molecular weight excluding hydrogens is 300 g/mol. The molecule has 120 valence electrons. The number of carbonyl (C=O) groups excluding carboxylic acids is 1. The highest BCUT2D eigenvalue weighted by atomic mass is 16.3. The minimum atomic E-state index is -0.648. The number of nitrogens with two attached hydrogens (primary N) is 1. The normalized spacial score (nSPS) is 12.3. The van der Waals surface area contributed by atoms with Crippen molar-refractivity contribution in [2.75, 3.05) is 0 Å². The standard InChI is InChI=1S/C20H18N2O2/c21-20(24)22-17(12-10-14-6-2-1-3-7-14)19-16-9-5-4-8-15(16)11-13-18(19)23/h1-13,17,23H,(H3,21,22,24)/b12-10+.